The van der Waals surface area contributed by atoms with Gasteiger partial charge in [-0.3, -0.25) is 13.9 Å². The van der Waals surface area contributed by atoms with Gasteiger partial charge in [0.15, 0.2) is 0 Å². The molecule has 3 rings (SSSR count). The van der Waals surface area contributed by atoms with E-state index in [1.54, 1.807) is 29.2 Å². The van der Waals surface area contributed by atoms with Crippen LogP contribution in [0, 0.1) is 6.92 Å². The van der Waals surface area contributed by atoms with Crippen LogP contribution in [0.3, 0.4) is 0 Å². The third-order valence-corrected chi connectivity index (χ3v) is 8.49. The van der Waals surface area contributed by atoms with Crippen LogP contribution < -0.4 is 9.62 Å². The van der Waals surface area contributed by atoms with Gasteiger partial charge < -0.3 is 10.2 Å². The van der Waals surface area contributed by atoms with Gasteiger partial charge in [-0.25, -0.2) is 8.42 Å². The molecule has 0 radical (unpaired) electrons. The predicted octanol–water partition coefficient (Wildman–Crippen LogP) is 5.45. The number of rotatable bonds is 12. The zero-order valence-corrected chi connectivity index (χ0v) is 24.2. The molecule has 1 unspecified atom stereocenters. The van der Waals surface area contributed by atoms with Gasteiger partial charge in [0.1, 0.15) is 6.04 Å². The first kappa shape index (κ1) is 30.0. The maximum absolute atomic E-state index is 13.6. The van der Waals surface area contributed by atoms with E-state index in [0.29, 0.717) is 30.1 Å². The summed E-state index contributed by atoms with van der Waals surface area (Å²) in [5, 5.41) is 3.71. The normalized spacial score (nSPS) is 15.1. The average molecular weight is 562 g/mol. The second-order valence-electron chi connectivity index (χ2n) is 10.2. The Morgan fingerprint density at radius 1 is 1.08 bits per heavy atom. The molecule has 208 valence electrons. The van der Waals surface area contributed by atoms with Crippen molar-refractivity contribution in [2.45, 2.75) is 83.8 Å². The van der Waals surface area contributed by atoms with Crippen molar-refractivity contribution in [1.82, 2.24) is 10.2 Å². The Bertz CT molecular complexity index is 1180. The van der Waals surface area contributed by atoms with Gasteiger partial charge in [-0.15, -0.1) is 0 Å². The van der Waals surface area contributed by atoms with Crippen LogP contribution in [0.2, 0.25) is 5.02 Å². The summed E-state index contributed by atoms with van der Waals surface area (Å²) in [4.78, 5) is 28.6. The number of aryl methyl sites for hydroxylation is 1. The van der Waals surface area contributed by atoms with Crippen molar-refractivity contribution in [3.05, 3.63) is 64.7 Å². The summed E-state index contributed by atoms with van der Waals surface area (Å²) in [5.74, 6) is -0.277. The summed E-state index contributed by atoms with van der Waals surface area (Å²) in [6.07, 6.45) is 7.45. The smallest absolute Gasteiger partial charge is 0.243 e. The standard InChI is InChI=1S/C29H40ClN3O4S/c1-4-27(29(35)31-25-12-6-5-7-13-25)32(21-23-11-8-10-22(2)20-23)28(34)14-9-19-33(38(3,36)37)26-17-15-24(30)16-18-26/h8,10-11,15-18,20,25,27H,4-7,9,12-14,19,21H2,1-3H3,(H,31,35). The van der Waals surface area contributed by atoms with Crippen molar-refractivity contribution >= 4 is 39.1 Å². The van der Waals surface area contributed by atoms with Crippen LogP contribution in [-0.4, -0.2) is 50.0 Å². The summed E-state index contributed by atoms with van der Waals surface area (Å²) in [6, 6.07) is 14.1. The molecule has 1 N–H and O–H groups in total. The van der Waals surface area contributed by atoms with Crippen molar-refractivity contribution in [3.63, 3.8) is 0 Å². The Hall–Kier alpha value is -2.58. The number of hydrogen-bond acceptors (Lipinski definition) is 4. The molecule has 0 aromatic heterocycles. The molecule has 0 saturated heterocycles. The highest BCUT2D eigenvalue weighted by Gasteiger charge is 2.30. The van der Waals surface area contributed by atoms with Gasteiger partial charge in [-0.05, 0) is 62.4 Å². The molecule has 2 amide bonds. The van der Waals surface area contributed by atoms with E-state index in [-0.39, 0.29) is 30.8 Å². The van der Waals surface area contributed by atoms with E-state index in [2.05, 4.69) is 5.32 Å². The molecule has 0 spiro atoms. The van der Waals surface area contributed by atoms with Gasteiger partial charge in [0, 0.05) is 30.6 Å². The quantitative estimate of drug-likeness (QED) is 0.373. The van der Waals surface area contributed by atoms with E-state index in [4.69, 9.17) is 11.6 Å². The predicted molar refractivity (Wildman–Crippen MR) is 154 cm³/mol. The molecule has 0 aliphatic heterocycles. The number of hydrogen-bond donors (Lipinski definition) is 1. The number of nitrogens with zero attached hydrogens (tertiary/aromatic N) is 2. The van der Waals surface area contributed by atoms with Crippen LogP contribution in [-0.2, 0) is 26.2 Å². The molecule has 9 heteroatoms. The molecule has 0 bridgehead atoms. The van der Waals surface area contributed by atoms with Crippen LogP contribution in [0.1, 0.15) is 69.4 Å². The third-order valence-electron chi connectivity index (χ3n) is 7.04. The van der Waals surface area contributed by atoms with E-state index < -0.39 is 16.1 Å². The van der Waals surface area contributed by atoms with E-state index in [9.17, 15) is 18.0 Å². The highest BCUT2D eigenvalue weighted by molar-refractivity contribution is 7.92. The first-order valence-electron chi connectivity index (χ1n) is 13.5. The Kier molecular flexibility index (Phi) is 11.0. The minimum absolute atomic E-state index is 0.112. The van der Waals surface area contributed by atoms with Crippen LogP contribution in [0.4, 0.5) is 5.69 Å². The number of carbonyl (C=O) groups excluding carboxylic acids is 2. The molecule has 2 aromatic rings. The van der Waals surface area contributed by atoms with Crippen molar-refractivity contribution in [1.29, 1.82) is 0 Å². The van der Waals surface area contributed by atoms with E-state index in [1.807, 2.05) is 38.1 Å². The SMILES string of the molecule is CCC(C(=O)NC1CCCCC1)N(Cc1cccc(C)c1)C(=O)CCCN(c1ccc(Cl)cc1)S(C)(=O)=O. The summed E-state index contributed by atoms with van der Waals surface area (Å²) >= 11 is 5.97. The highest BCUT2D eigenvalue weighted by Crippen LogP contribution is 2.22. The number of carbonyl (C=O) groups is 2. The van der Waals surface area contributed by atoms with Crippen molar-refractivity contribution < 1.29 is 18.0 Å². The molecule has 38 heavy (non-hydrogen) atoms. The van der Waals surface area contributed by atoms with Gasteiger partial charge in [0.25, 0.3) is 0 Å². The third kappa shape index (κ3) is 8.73. The summed E-state index contributed by atoms with van der Waals surface area (Å²) in [5.41, 5.74) is 2.54. The molecular formula is C29H40ClN3O4S. The first-order chi connectivity index (χ1) is 18.1. The van der Waals surface area contributed by atoms with E-state index in [0.717, 1.165) is 43.1 Å². The maximum atomic E-state index is 13.6. The summed E-state index contributed by atoms with van der Waals surface area (Å²) < 4.78 is 26.2. The largest absolute Gasteiger partial charge is 0.352 e. The fourth-order valence-electron chi connectivity index (χ4n) is 5.08. The number of halogens is 1. The fraction of sp³-hybridized carbons (Fsp3) is 0.517. The van der Waals surface area contributed by atoms with Crippen LogP contribution in [0.5, 0.6) is 0 Å². The number of anilines is 1. The monoisotopic (exact) mass is 561 g/mol. The van der Waals surface area contributed by atoms with Gasteiger partial charge in [0.05, 0.1) is 11.9 Å². The molecule has 1 fully saturated rings. The Morgan fingerprint density at radius 2 is 1.76 bits per heavy atom. The molecule has 1 saturated carbocycles. The number of amides is 2. The van der Waals surface area contributed by atoms with Crippen LogP contribution in [0.15, 0.2) is 48.5 Å². The van der Waals surface area contributed by atoms with Gasteiger partial charge in [0.2, 0.25) is 21.8 Å². The minimum Gasteiger partial charge on any atom is -0.352 e. The minimum atomic E-state index is -3.55. The summed E-state index contributed by atoms with van der Waals surface area (Å²) in [7, 11) is -3.55. The van der Waals surface area contributed by atoms with E-state index >= 15 is 0 Å². The van der Waals surface area contributed by atoms with Gasteiger partial charge >= 0.3 is 0 Å². The fourth-order valence-corrected chi connectivity index (χ4v) is 6.17. The lowest BCUT2D eigenvalue weighted by Crippen LogP contribution is -2.51. The van der Waals surface area contributed by atoms with Crippen LogP contribution >= 0.6 is 11.6 Å². The van der Waals surface area contributed by atoms with Crippen molar-refractivity contribution in [2.24, 2.45) is 0 Å². The Balaban J connectivity index is 1.75. The second kappa shape index (κ2) is 14.0. The first-order valence-corrected chi connectivity index (χ1v) is 15.7. The molecule has 1 aliphatic carbocycles. The molecule has 1 atom stereocenters. The lowest BCUT2D eigenvalue weighted by Gasteiger charge is -2.33. The molecular weight excluding hydrogens is 522 g/mol. The zero-order valence-electron chi connectivity index (χ0n) is 22.7. The Labute approximate surface area is 232 Å². The Morgan fingerprint density at radius 3 is 2.37 bits per heavy atom. The summed E-state index contributed by atoms with van der Waals surface area (Å²) in [6.45, 7) is 4.40. The zero-order chi connectivity index (χ0) is 27.7. The second-order valence-corrected chi connectivity index (χ2v) is 12.5. The number of nitrogens with one attached hydrogen (secondary N) is 1. The highest BCUT2D eigenvalue weighted by atomic mass is 35.5. The molecule has 0 heterocycles. The van der Waals surface area contributed by atoms with E-state index in [1.165, 1.54) is 10.7 Å². The number of benzene rings is 2. The molecule has 1 aliphatic rings. The van der Waals surface area contributed by atoms with Gasteiger partial charge in [-0.2, -0.15) is 0 Å². The topological polar surface area (TPSA) is 86.8 Å². The van der Waals surface area contributed by atoms with Crippen LogP contribution in [0.25, 0.3) is 0 Å². The maximum Gasteiger partial charge on any atom is 0.243 e. The van der Waals surface area contributed by atoms with Crippen molar-refractivity contribution in [2.75, 3.05) is 17.1 Å². The number of sulfonamides is 1. The molecule has 7 nitrogen and oxygen atoms in total. The molecule has 2 aromatic carbocycles. The average Bonchev–Trinajstić information content (AvgIpc) is 2.87. The lowest BCUT2D eigenvalue weighted by molar-refractivity contribution is -0.141. The lowest BCUT2D eigenvalue weighted by atomic mass is 9.95. The van der Waals surface area contributed by atoms with Crippen molar-refractivity contribution in [3.8, 4) is 0 Å². The van der Waals surface area contributed by atoms with Gasteiger partial charge in [-0.1, -0.05) is 67.6 Å².